The summed E-state index contributed by atoms with van der Waals surface area (Å²) in [5.74, 6) is -0.415. The Morgan fingerprint density at radius 3 is 2.70 bits per heavy atom. The van der Waals surface area contributed by atoms with Crippen molar-refractivity contribution in [1.29, 1.82) is 0 Å². The van der Waals surface area contributed by atoms with Crippen molar-refractivity contribution in [3.63, 3.8) is 0 Å². The summed E-state index contributed by atoms with van der Waals surface area (Å²) >= 11 is 0. The lowest BCUT2D eigenvalue weighted by Crippen LogP contribution is -2.47. The average Bonchev–Trinajstić information content (AvgIpc) is 2.36. The molecular weight excluding hydrogens is 283 g/mol. The molecule has 2 N–H and O–H groups in total. The van der Waals surface area contributed by atoms with Crippen molar-refractivity contribution in [2.75, 3.05) is 14.2 Å². The van der Waals surface area contributed by atoms with Crippen LogP contribution in [0.2, 0.25) is 0 Å². The first-order valence-corrected chi connectivity index (χ1v) is 7.92. The van der Waals surface area contributed by atoms with Gasteiger partial charge in [-0.05, 0) is 38.1 Å². The van der Waals surface area contributed by atoms with Crippen molar-refractivity contribution in [3.05, 3.63) is 29.6 Å². The summed E-state index contributed by atoms with van der Waals surface area (Å²) < 4.78 is 45.6. The van der Waals surface area contributed by atoms with E-state index in [2.05, 4.69) is 10.0 Å². The van der Waals surface area contributed by atoms with E-state index in [4.69, 9.17) is 4.74 Å². The predicted molar refractivity (Wildman–Crippen MR) is 73.3 cm³/mol. The monoisotopic (exact) mass is 302 g/mol. The molecule has 0 amide bonds. The van der Waals surface area contributed by atoms with Crippen molar-refractivity contribution < 1.29 is 17.5 Å². The number of hydrogen-bond acceptors (Lipinski definition) is 4. The van der Waals surface area contributed by atoms with Crippen LogP contribution >= 0.6 is 0 Å². The van der Waals surface area contributed by atoms with Crippen LogP contribution in [0.25, 0.3) is 0 Å². The topological polar surface area (TPSA) is 67.4 Å². The minimum absolute atomic E-state index is 0.0880. The lowest BCUT2D eigenvalue weighted by molar-refractivity contribution is 0.0236. The van der Waals surface area contributed by atoms with Gasteiger partial charge in [-0.15, -0.1) is 0 Å². The van der Waals surface area contributed by atoms with Gasteiger partial charge in [-0.2, -0.15) is 0 Å². The first-order chi connectivity index (χ1) is 9.46. The smallest absolute Gasteiger partial charge is 0.240 e. The van der Waals surface area contributed by atoms with Gasteiger partial charge in [-0.3, -0.25) is 0 Å². The minimum atomic E-state index is -3.61. The highest BCUT2D eigenvalue weighted by Crippen LogP contribution is 2.25. The summed E-state index contributed by atoms with van der Waals surface area (Å²) in [6.45, 7) is 0.282. The molecule has 0 saturated heterocycles. The molecule has 5 nitrogen and oxygen atoms in total. The van der Waals surface area contributed by atoms with E-state index in [1.807, 2.05) is 0 Å². The maximum absolute atomic E-state index is 13.5. The van der Waals surface area contributed by atoms with Gasteiger partial charge in [0.2, 0.25) is 10.0 Å². The van der Waals surface area contributed by atoms with Crippen molar-refractivity contribution >= 4 is 10.0 Å². The van der Waals surface area contributed by atoms with Gasteiger partial charge >= 0.3 is 0 Å². The van der Waals surface area contributed by atoms with E-state index in [0.29, 0.717) is 18.4 Å². The number of hydrogen-bond donors (Lipinski definition) is 2. The summed E-state index contributed by atoms with van der Waals surface area (Å²) in [4.78, 5) is 0.0880. The fourth-order valence-corrected chi connectivity index (χ4v) is 3.50. The molecule has 1 aliphatic rings. The quantitative estimate of drug-likeness (QED) is 0.823. The molecule has 0 radical (unpaired) electrons. The third-order valence-electron chi connectivity index (χ3n) is 3.44. The maximum atomic E-state index is 13.5. The standard InChI is InChI=1S/C13H19FN2O3S/c1-15-8-9-5-12(3-4-13(9)14)20(17,18)16-10-6-11(7-10)19-2/h3-5,10-11,15-16H,6-8H2,1-2H3. The van der Waals surface area contributed by atoms with Gasteiger partial charge < -0.3 is 10.1 Å². The molecule has 112 valence electrons. The van der Waals surface area contributed by atoms with Crippen LogP contribution in [-0.2, 0) is 21.3 Å². The highest BCUT2D eigenvalue weighted by atomic mass is 32.2. The molecule has 20 heavy (non-hydrogen) atoms. The molecule has 0 spiro atoms. The van der Waals surface area contributed by atoms with Gasteiger partial charge in [-0.25, -0.2) is 17.5 Å². The number of methoxy groups -OCH3 is 1. The number of benzene rings is 1. The van der Waals surface area contributed by atoms with Crippen molar-refractivity contribution in [3.8, 4) is 0 Å². The molecule has 0 heterocycles. The summed E-state index contributed by atoms with van der Waals surface area (Å²) in [7, 11) is -0.320. The molecule has 0 atom stereocenters. The van der Waals surface area contributed by atoms with Crippen molar-refractivity contribution in [2.24, 2.45) is 0 Å². The summed E-state index contributed by atoms with van der Waals surface area (Å²) in [5, 5.41) is 2.81. The fraction of sp³-hybridized carbons (Fsp3) is 0.538. The normalized spacial score (nSPS) is 22.6. The van der Waals surface area contributed by atoms with E-state index >= 15 is 0 Å². The van der Waals surface area contributed by atoms with Crippen LogP contribution in [0.1, 0.15) is 18.4 Å². The van der Waals surface area contributed by atoms with Crippen LogP contribution in [0.5, 0.6) is 0 Å². The molecule has 1 aliphatic carbocycles. The van der Waals surface area contributed by atoms with Crippen LogP contribution in [0.15, 0.2) is 23.1 Å². The third-order valence-corrected chi connectivity index (χ3v) is 4.96. The zero-order chi connectivity index (χ0) is 14.8. The zero-order valence-electron chi connectivity index (χ0n) is 11.5. The molecule has 1 aromatic carbocycles. The van der Waals surface area contributed by atoms with E-state index in [0.717, 1.165) is 0 Å². The summed E-state index contributed by atoms with van der Waals surface area (Å²) in [6, 6.07) is 3.71. The molecule has 2 rings (SSSR count). The molecular formula is C13H19FN2O3S. The van der Waals surface area contributed by atoms with E-state index < -0.39 is 15.8 Å². The van der Waals surface area contributed by atoms with Gasteiger partial charge in [0.1, 0.15) is 5.82 Å². The van der Waals surface area contributed by atoms with Crippen LogP contribution < -0.4 is 10.0 Å². The van der Waals surface area contributed by atoms with E-state index in [-0.39, 0.29) is 23.6 Å². The van der Waals surface area contributed by atoms with E-state index in [1.54, 1.807) is 14.2 Å². The van der Waals surface area contributed by atoms with Crippen LogP contribution in [0, 0.1) is 5.82 Å². The molecule has 7 heteroatoms. The number of halogens is 1. The molecule has 1 fully saturated rings. The van der Waals surface area contributed by atoms with Gasteiger partial charge in [-0.1, -0.05) is 0 Å². The predicted octanol–water partition coefficient (Wildman–Crippen LogP) is 1.00. The Morgan fingerprint density at radius 1 is 1.40 bits per heavy atom. The number of nitrogens with one attached hydrogen (secondary N) is 2. The number of rotatable bonds is 6. The highest BCUT2D eigenvalue weighted by molar-refractivity contribution is 7.89. The lowest BCUT2D eigenvalue weighted by Gasteiger charge is -2.34. The van der Waals surface area contributed by atoms with Crippen LogP contribution in [0.3, 0.4) is 0 Å². The second-order valence-electron chi connectivity index (χ2n) is 4.93. The number of ether oxygens (including phenoxy) is 1. The van der Waals surface area contributed by atoms with Gasteiger partial charge in [0.25, 0.3) is 0 Å². The Bertz CT molecular complexity index is 571. The largest absolute Gasteiger partial charge is 0.381 e. The SMILES string of the molecule is CNCc1cc(S(=O)(=O)NC2CC(OC)C2)ccc1F. The Morgan fingerprint density at radius 2 is 2.10 bits per heavy atom. The summed E-state index contributed by atoms with van der Waals surface area (Å²) in [6.07, 6.45) is 1.46. The zero-order valence-corrected chi connectivity index (χ0v) is 12.3. The van der Waals surface area contributed by atoms with E-state index in [1.165, 1.54) is 18.2 Å². The van der Waals surface area contributed by atoms with Gasteiger partial charge in [0, 0.05) is 25.3 Å². The van der Waals surface area contributed by atoms with Crippen molar-refractivity contribution in [2.45, 2.75) is 36.4 Å². The second-order valence-corrected chi connectivity index (χ2v) is 6.64. The molecule has 0 aromatic heterocycles. The summed E-state index contributed by atoms with van der Waals surface area (Å²) in [5.41, 5.74) is 0.332. The van der Waals surface area contributed by atoms with Gasteiger partial charge in [0.05, 0.1) is 11.0 Å². The molecule has 1 saturated carbocycles. The number of sulfonamides is 1. The fourth-order valence-electron chi connectivity index (χ4n) is 2.19. The van der Waals surface area contributed by atoms with E-state index in [9.17, 15) is 12.8 Å². The molecule has 0 unspecified atom stereocenters. The van der Waals surface area contributed by atoms with Gasteiger partial charge in [0.15, 0.2) is 0 Å². The molecule has 0 bridgehead atoms. The first-order valence-electron chi connectivity index (χ1n) is 6.44. The Labute approximate surface area is 118 Å². The maximum Gasteiger partial charge on any atom is 0.240 e. The highest BCUT2D eigenvalue weighted by Gasteiger charge is 2.32. The Hall–Kier alpha value is -1.02. The Kier molecular flexibility index (Phi) is 4.74. The van der Waals surface area contributed by atoms with Crippen molar-refractivity contribution in [1.82, 2.24) is 10.0 Å². The Balaban J connectivity index is 2.11. The molecule has 0 aliphatic heterocycles. The third kappa shape index (κ3) is 3.35. The average molecular weight is 302 g/mol. The van der Waals surface area contributed by atoms with Crippen LogP contribution in [-0.4, -0.2) is 34.7 Å². The second kappa shape index (κ2) is 6.17. The first kappa shape index (κ1) is 15.4. The molecule has 1 aromatic rings. The minimum Gasteiger partial charge on any atom is -0.381 e. The van der Waals surface area contributed by atoms with Crippen LogP contribution in [0.4, 0.5) is 4.39 Å². The lowest BCUT2D eigenvalue weighted by atomic mass is 9.90.